The van der Waals surface area contributed by atoms with Gasteiger partial charge in [-0.05, 0) is 99.6 Å². The highest BCUT2D eigenvalue weighted by Gasteiger charge is 2.17. The molecule has 56 heavy (non-hydrogen) atoms. The lowest BCUT2D eigenvalue weighted by Crippen LogP contribution is -2.09. The number of hydrogen-bond acceptors (Lipinski definition) is 1. The van der Waals surface area contributed by atoms with E-state index >= 15 is 0 Å². The average molecular weight is 715 g/mol. The Labute approximate surface area is 327 Å². The molecule has 0 bridgehead atoms. The third-order valence-corrected chi connectivity index (χ3v) is 10.8. The zero-order chi connectivity index (χ0) is 37.3. The summed E-state index contributed by atoms with van der Waals surface area (Å²) in [6.45, 7) is 0. The SMILES string of the molecule is c1ccc(-c2ccc(-c3cccc(N(c4ccccc4)c4ccc(-c5cccc(-c6ccccc6-n6c7ccccc7c7ccccc76)c5)cc4)c3)cc2)cc1. The van der Waals surface area contributed by atoms with Crippen LogP contribution in [0.3, 0.4) is 0 Å². The highest BCUT2D eigenvalue weighted by atomic mass is 15.1. The molecule has 0 saturated heterocycles. The average Bonchev–Trinajstić information content (AvgIpc) is 3.62. The van der Waals surface area contributed by atoms with E-state index < -0.39 is 0 Å². The van der Waals surface area contributed by atoms with Crippen molar-refractivity contribution in [2.45, 2.75) is 0 Å². The molecule has 0 aliphatic rings. The fourth-order valence-corrected chi connectivity index (χ4v) is 8.10. The van der Waals surface area contributed by atoms with Gasteiger partial charge in [0.25, 0.3) is 0 Å². The van der Waals surface area contributed by atoms with Gasteiger partial charge in [0.15, 0.2) is 0 Å². The van der Waals surface area contributed by atoms with Gasteiger partial charge in [0.2, 0.25) is 0 Å². The molecular formula is C54H38N2. The summed E-state index contributed by atoms with van der Waals surface area (Å²) in [6, 6.07) is 82.9. The van der Waals surface area contributed by atoms with Crippen LogP contribution in [0.1, 0.15) is 0 Å². The Hall–Kier alpha value is -7.42. The van der Waals surface area contributed by atoms with E-state index in [1.54, 1.807) is 0 Å². The first-order valence-electron chi connectivity index (χ1n) is 19.2. The van der Waals surface area contributed by atoms with Gasteiger partial charge in [-0.25, -0.2) is 0 Å². The van der Waals surface area contributed by atoms with Gasteiger partial charge < -0.3 is 9.47 Å². The topological polar surface area (TPSA) is 8.17 Å². The number of rotatable bonds is 8. The van der Waals surface area contributed by atoms with E-state index in [9.17, 15) is 0 Å². The maximum Gasteiger partial charge on any atom is 0.0541 e. The second-order valence-electron chi connectivity index (χ2n) is 14.2. The fraction of sp³-hybridized carbons (Fsp3) is 0. The van der Waals surface area contributed by atoms with Crippen molar-refractivity contribution in [1.82, 2.24) is 4.57 Å². The predicted molar refractivity (Wildman–Crippen MR) is 237 cm³/mol. The summed E-state index contributed by atoms with van der Waals surface area (Å²) in [5, 5.41) is 2.53. The summed E-state index contributed by atoms with van der Waals surface area (Å²) in [5.41, 5.74) is 16.5. The van der Waals surface area contributed by atoms with Crippen LogP contribution in [0.2, 0.25) is 0 Å². The normalized spacial score (nSPS) is 11.2. The molecule has 0 atom stereocenters. The van der Waals surface area contributed by atoms with Crippen molar-refractivity contribution in [3.8, 4) is 50.2 Å². The molecule has 0 aliphatic heterocycles. The number of nitrogens with zero attached hydrogens (tertiary/aromatic N) is 2. The molecule has 10 aromatic rings. The monoisotopic (exact) mass is 714 g/mol. The van der Waals surface area contributed by atoms with E-state index in [1.165, 1.54) is 72.0 Å². The lowest BCUT2D eigenvalue weighted by Gasteiger charge is -2.26. The predicted octanol–water partition coefficient (Wildman–Crippen LogP) is 14.9. The molecule has 0 amide bonds. The van der Waals surface area contributed by atoms with Gasteiger partial charge in [-0.2, -0.15) is 0 Å². The minimum absolute atomic E-state index is 1.10. The van der Waals surface area contributed by atoms with E-state index in [1.807, 2.05) is 0 Å². The number of benzene rings is 9. The number of fused-ring (bicyclic) bond motifs is 3. The molecule has 0 spiro atoms. The van der Waals surface area contributed by atoms with Crippen molar-refractivity contribution in [1.29, 1.82) is 0 Å². The van der Waals surface area contributed by atoms with E-state index in [0.29, 0.717) is 0 Å². The first-order chi connectivity index (χ1) is 27.8. The van der Waals surface area contributed by atoms with Crippen LogP contribution in [0.5, 0.6) is 0 Å². The Kier molecular flexibility index (Phi) is 8.55. The minimum Gasteiger partial charge on any atom is -0.310 e. The van der Waals surface area contributed by atoms with Gasteiger partial charge >= 0.3 is 0 Å². The summed E-state index contributed by atoms with van der Waals surface area (Å²) >= 11 is 0. The maximum atomic E-state index is 2.41. The van der Waals surface area contributed by atoms with Crippen LogP contribution in [-0.2, 0) is 0 Å². The van der Waals surface area contributed by atoms with Crippen LogP contribution < -0.4 is 4.90 Å². The van der Waals surface area contributed by atoms with Crippen molar-refractivity contribution >= 4 is 38.9 Å². The maximum absolute atomic E-state index is 2.41. The Morgan fingerprint density at radius 3 is 1.38 bits per heavy atom. The first-order valence-corrected chi connectivity index (χ1v) is 19.2. The summed E-state index contributed by atoms with van der Waals surface area (Å²) in [7, 11) is 0. The number of anilines is 3. The zero-order valence-electron chi connectivity index (χ0n) is 30.8. The van der Waals surface area contributed by atoms with E-state index in [0.717, 1.165) is 17.1 Å². The van der Waals surface area contributed by atoms with Crippen molar-refractivity contribution in [3.63, 3.8) is 0 Å². The highest BCUT2D eigenvalue weighted by molar-refractivity contribution is 6.09. The number of para-hydroxylation sites is 4. The molecule has 0 aliphatic carbocycles. The third-order valence-electron chi connectivity index (χ3n) is 10.8. The highest BCUT2D eigenvalue weighted by Crippen LogP contribution is 2.40. The fourth-order valence-electron chi connectivity index (χ4n) is 8.10. The lowest BCUT2D eigenvalue weighted by atomic mass is 9.97. The van der Waals surface area contributed by atoms with Crippen LogP contribution >= 0.6 is 0 Å². The smallest absolute Gasteiger partial charge is 0.0541 e. The van der Waals surface area contributed by atoms with Gasteiger partial charge in [0.05, 0.1) is 16.7 Å². The molecule has 2 nitrogen and oxygen atoms in total. The molecular weight excluding hydrogens is 677 g/mol. The lowest BCUT2D eigenvalue weighted by molar-refractivity contribution is 1.18. The first kappa shape index (κ1) is 33.2. The van der Waals surface area contributed by atoms with Crippen molar-refractivity contribution in [3.05, 3.63) is 231 Å². The Morgan fingerprint density at radius 2 is 0.696 bits per heavy atom. The van der Waals surface area contributed by atoms with Crippen LogP contribution in [0.25, 0.3) is 72.0 Å². The molecule has 9 aromatic carbocycles. The van der Waals surface area contributed by atoms with Gasteiger partial charge in [0.1, 0.15) is 0 Å². The minimum atomic E-state index is 1.10. The molecule has 10 rings (SSSR count). The van der Waals surface area contributed by atoms with Gasteiger partial charge in [-0.3, -0.25) is 0 Å². The van der Waals surface area contributed by atoms with Crippen molar-refractivity contribution < 1.29 is 0 Å². The molecule has 0 N–H and O–H groups in total. The summed E-state index contributed by atoms with van der Waals surface area (Å²) < 4.78 is 2.41. The van der Waals surface area contributed by atoms with Crippen LogP contribution in [-0.4, -0.2) is 4.57 Å². The van der Waals surface area contributed by atoms with Gasteiger partial charge in [-0.1, -0.05) is 170 Å². The molecule has 2 heteroatoms. The van der Waals surface area contributed by atoms with Gasteiger partial charge in [-0.15, -0.1) is 0 Å². The summed E-state index contributed by atoms with van der Waals surface area (Å²) in [6.07, 6.45) is 0. The van der Waals surface area contributed by atoms with Crippen LogP contribution in [0, 0.1) is 0 Å². The molecule has 0 unspecified atom stereocenters. The Morgan fingerprint density at radius 1 is 0.268 bits per heavy atom. The van der Waals surface area contributed by atoms with Crippen LogP contribution in [0.4, 0.5) is 17.1 Å². The van der Waals surface area contributed by atoms with E-state index in [-0.39, 0.29) is 0 Å². The van der Waals surface area contributed by atoms with E-state index in [2.05, 4.69) is 240 Å². The van der Waals surface area contributed by atoms with Crippen molar-refractivity contribution in [2.24, 2.45) is 0 Å². The summed E-state index contributed by atoms with van der Waals surface area (Å²) in [5.74, 6) is 0. The largest absolute Gasteiger partial charge is 0.310 e. The molecule has 1 aromatic heterocycles. The zero-order valence-corrected chi connectivity index (χ0v) is 30.8. The number of hydrogen-bond donors (Lipinski definition) is 0. The molecule has 0 radical (unpaired) electrons. The molecule has 1 heterocycles. The second kappa shape index (κ2) is 14.4. The molecule has 0 saturated carbocycles. The molecule has 264 valence electrons. The quantitative estimate of drug-likeness (QED) is 0.152. The number of aromatic nitrogens is 1. The standard InChI is InChI=1S/C54H38N2/c1-3-15-39(16-4-1)40-29-31-41(32-30-40)44-18-14-22-48(38-44)55(46-20-5-2-6-21-46)47-35-33-42(34-36-47)43-17-13-19-45(37-43)49-23-7-10-26-52(49)56-53-27-11-8-24-50(53)51-25-9-12-28-54(51)56/h1-38H. The second-order valence-corrected chi connectivity index (χ2v) is 14.2. The van der Waals surface area contributed by atoms with Gasteiger partial charge in [0, 0.05) is 33.4 Å². The molecule has 0 fully saturated rings. The summed E-state index contributed by atoms with van der Waals surface area (Å²) in [4.78, 5) is 2.34. The Balaban J connectivity index is 0.993. The third kappa shape index (κ3) is 6.14. The van der Waals surface area contributed by atoms with Crippen LogP contribution in [0.15, 0.2) is 231 Å². The Bertz CT molecular complexity index is 2890. The van der Waals surface area contributed by atoms with Crippen molar-refractivity contribution in [2.75, 3.05) is 4.90 Å². The van der Waals surface area contributed by atoms with E-state index in [4.69, 9.17) is 0 Å².